The van der Waals surface area contributed by atoms with Gasteiger partial charge in [0.1, 0.15) is 5.75 Å². The van der Waals surface area contributed by atoms with E-state index < -0.39 is 0 Å². The highest BCUT2D eigenvalue weighted by Crippen LogP contribution is 2.13. The zero-order valence-electron chi connectivity index (χ0n) is 12.1. The van der Waals surface area contributed by atoms with Crippen LogP contribution in [0, 0.1) is 0 Å². The highest BCUT2D eigenvalue weighted by atomic mass is 35.5. The van der Waals surface area contributed by atoms with Gasteiger partial charge in [0.15, 0.2) is 0 Å². The number of benzene rings is 1. The molecule has 0 atom stereocenters. The maximum absolute atomic E-state index is 5.13. The smallest absolute Gasteiger partial charge is 0.209 e. The summed E-state index contributed by atoms with van der Waals surface area (Å²) >= 11 is 1.68. The molecular formula is C13H19ClN5OS-. The van der Waals surface area contributed by atoms with Crippen LogP contribution in [0.4, 0.5) is 0 Å². The first-order valence-electron chi connectivity index (χ1n) is 6.48. The average molecular weight is 329 g/mol. The second kappa shape index (κ2) is 9.59. The maximum atomic E-state index is 5.13. The van der Waals surface area contributed by atoms with Crippen LogP contribution < -0.4 is 22.5 Å². The fourth-order valence-electron chi connectivity index (χ4n) is 1.68. The Morgan fingerprint density at radius 3 is 2.67 bits per heavy atom. The molecule has 0 fully saturated rings. The Kier molecular flexibility index (Phi) is 8.11. The van der Waals surface area contributed by atoms with E-state index in [0.29, 0.717) is 0 Å². The Morgan fingerprint density at radius 2 is 2.05 bits per heavy atom. The molecule has 1 heterocycles. The van der Waals surface area contributed by atoms with E-state index in [1.54, 1.807) is 23.6 Å². The van der Waals surface area contributed by atoms with Crippen LogP contribution in [-0.4, -0.2) is 39.6 Å². The first kappa shape index (κ1) is 17.7. The molecule has 2 rings (SSSR count). The quantitative estimate of drug-likeness (QED) is 0.470. The molecule has 0 aliphatic carbocycles. The molecule has 2 aromatic rings. The number of methoxy groups -OCH3 is 1. The van der Waals surface area contributed by atoms with Gasteiger partial charge in [-0.2, -0.15) is 0 Å². The lowest BCUT2D eigenvalue weighted by atomic mass is 10.2. The van der Waals surface area contributed by atoms with Crippen molar-refractivity contribution < 1.29 is 17.1 Å². The monoisotopic (exact) mass is 328 g/mol. The van der Waals surface area contributed by atoms with Gasteiger partial charge in [0, 0.05) is 19.3 Å². The Bertz CT molecular complexity index is 520. The van der Waals surface area contributed by atoms with Gasteiger partial charge >= 0.3 is 0 Å². The van der Waals surface area contributed by atoms with Crippen molar-refractivity contribution in [2.24, 2.45) is 7.05 Å². The summed E-state index contributed by atoms with van der Waals surface area (Å²) in [6.07, 6.45) is 1.08. The zero-order chi connectivity index (χ0) is 14.2. The maximum Gasteiger partial charge on any atom is 0.209 e. The highest BCUT2D eigenvalue weighted by molar-refractivity contribution is 7.99. The third kappa shape index (κ3) is 5.91. The SMILES string of the molecule is COc1ccc(CNCCCSc2nnnn2C)cc1.[Cl-]. The molecule has 8 heteroatoms. The van der Waals surface area contributed by atoms with Crippen molar-refractivity contribution in [2.45, 2.75) is 18.1 Å². The number of halogens is 1. The summed E-state index contributed by atoms with van der Waals surface area (Å²) in [6.45, 7) is 1.85. The minimum atomic E-state index is 0. The number of hydrogen-bond donors (Lipinski definition) is 1. The topological polar surface area (TPSA) is 64.9 Å². The molecule has 0 spiro atoms. The normalized spacial score (nSPS) is 10.2. The molecule has 116 valence electrons. The molecule has 1 aromatic carbocycles. The van der Waals surface area contributed by atoms with Crippen LogP contribution in [0.2, 0.25) is 0 Å². The van der Waals surface area contributed by atoms with E-state index >= 15 is 0 Å². The van der Waals surface area contributed by atoms with Crippen LogP contribution in [0.25, 0.3) is 0 Å². The number of thioether (sulfide) groups is 1. The van der Waals surface area contributed by atoms with Crippen LogP contribution in [0.15, 0.2) is 29.4 Å². The van der Waals surface area contributed by atoms with Crippen LogP contribution in [-0.2, 0) is 13.6 Å². The molecular weight excluding hydrogens is 310 g/mol. The lowest BCUT2D eigenvalue weighted by Crippen LogP contribution is -3.00. The summed E-state index contributed by atoms with van der Waals surface area (Å²) < 4.78 is 6.82. The van der Waals surface area contributed by atoms with Crippen molar-refractivity contribution in [3.05, 3.63) is 29.8 Å². The number of aryl methyl sites for hydroxylation is 1. The number of rotatable bonds is 8. The van der Waals surface area contributed by atoms with Crippen LogP contribution in [0.3, 0.4) is 0 Å². The number of nitrogens with one attached hydrogen (secondary N) is 1. The van der Waals surface area contributed by atoms with Crippen LogP contribution in [0.1, 0.15) is 12.0 Å². The molecule has 21 heavy (non-hydrogen) atoms. The predicted octanol–water partition coefficient (Wildman–Crippen LogP) is -1.51. The van der Waals surface area contributed by atoms with Crippen molar-refractivity contribution in [3.63, 3.8) is 0 Å². The second-order valence-electron chi connectivity index (χ2n) is 4.31. The minimum Gasteiger partial charge on any atom is -1.00 e. The Morgan fingerprint density at radius 1 is 1.29 bits per heavy atom. The minimum absolute atomic E-state index is 0. The summed E-state index contributed by atoms with van der Waals surface area (Å²) in [7, 11) is 3.53. The molecule has 1 aromatic heterocycles. The van der Waals surface area contributed by atoms with Gasteiger partial charge < -0.3 is 22.5 Å². The molecule has 0 unspecified atom stereocenters. The Balaban J connectivity index is 0.00000220. The van der Waals surface area contributed by atoms with Crippen molar-refractivity contribution in [3.8, 4) is 5.75 Å². The van der Waals surface area contributed by atoms with Gasteiger partial charge in [-0.15, -0.1) is 5.10 Å². The first-order valence-corrected chi connectivity index (χ1v) is 7.47. The van der Waals surface area contributed by atoms with Crippen LogP contribution >= 0.6 is 11.8 Å². The van der Waals surface area contributed by atoms with Crippen LogP contribution in [0.5, 0.6) is 5.75 Å². The lowest BCUT2D eigenvalue weighted by molar-refractivity contribution is -0.00000467. The van der Waals surface area contributed by atoms with Crippen molar-refractivity contribution in [1.29, 1.82) is 0 Å². The average Bonchev–Trinajstić information content (AvgIpc) is 2.89. The zero-order valence-corrected chi connectivity index (χ0v) is 13.7. The molecule has 0 saturated carbocycles. The van der Waals surface area contributed by atoms with Crippen molar-refractivity contribution >= 4 is 11.8 Å². The second-order valence-corrected chi connectivity index (χ2v) is 5.37. The number of ether oxygens (including phenoxy) is 1. The highest BCUT2D eigenvalue weighted by Gasteiger charge is 2.01. The fraction of sp³-hybridized carbons (Fsp3) is 0.462. The molecule has 1 N–H and O–H groups in total. The molecule has 0 bridgehead atoms. The van der Waals surface area contributed by atoms with Gasteiger partial charge in [-0.05, 0) is 41.1 Å². The molecule has 0 saturated heterocycles. The Hall–Kier alpha value is -1.31. The molecule has 0 aliphatic rings. The summed E-state index contributed by atoms with van der Waals surface area (Å²) in [5.41, 5.74) is 1.26. The van der Waals surface area contributed by atoms with E-state index in [2.05, 4.69) is 33.0 Å². The van der Waals surface area contributed by atoms with Crippen molar-refractivity contribution in [1.82, 2.24) is 25.5 Å². The largest absolute Gasteiger partial charge is 1.00 e. The van der Waals surface area contributed by atoms with E-state index in [4.69, 9.17) is 4.74 Å². The fourth-order valence-corrected chi connectivity index (χ4v) is 2.47. The molecule has 0 amide bonds. The standard InChI is InChI=1S/C13H19N5OS.ClH/c1-18-13(15-16-17-18)20-9-3-8-14-10-11-4-6-12(19-2)7-5-11;/h4-7,14H,3,8-10H2,1-2H3;1H/p-1. The van der Waals surface area contributed by atoms with Crippen molar-refractivity contribution in [2.75, 3.05) is 19.4 Å². The van der Waals surface area contributed by atoms with E-state index in [-0.39, 0.29) is 12.4 Å². The summed E-state index contributed by atoms with van der Waals surface area (Å²) in [6, 6.07) is 8.11. The van der Waals surface area contributed by atoms with Gasteiger partial charge in [0.25, 0.3) is 0 Å². The summed E-state index contributed by atoms with van der Waals surface area (Å²) in [5.74, 6) is 1.89. The van der Waals surface area contributed by atoms with E-state index in [1.807, 2.05) is 19.2 Å². The third-order valence-corrected chi connectivity index (χ3v) is 3.90. The number of tetrazole rings is 1. The summed E-state index contributed by atoms with van der Waals surface area (Å²) in [5, 5.41) is 15.6. The number of hydrogen-bond acceptors (Lipinski definition) is 6. The van der Waals surface area contributed by atoms with Gasteiger partial charge in [0.05, 0.1) is 7.11 Å². The Labute approximate surface area is 135 Å². The molecule has 6 nitrogen and oxygen atoms in total. The predicted molar refractivity (Wildman–Crippen MR) is 78.8 cm³/mol. The van der Waals surface area contributed by atoms with E-state index in [0.717, 1.165) is 36.2 Å². The van der Waals surface area contributed by atoms with Gasteiger partial charge in [-0.25, -0.2) is 4.68 Å². The number of nitrogens with zero attached hydrogens (tertiary/aromatic N) is 4. The molecule has 0 aliphatic heterocycles. The lowest BCUT2D eigenvalue weighted by Gasteiger charge is -2.05. The molecule has 0 radical (unpaired) electrons. The van der Waals surface area contributed by atoms with Gasteiger partial charge in [-0.1, -0.05) is 23.9 Å². The van der Waals surface area contributed by atoms with Gasteiger partial charge in [0.2, 0.25) is 5.16 Å². The summed E-state index contributed by atoms with van der Waals surface area (Å²) in [4.78, 5) is 0. The van der Waals surface area contributed by atoms with E-state index in [9.17, 15) is 0 Å². The number of aromatic nitrogens is 4. The van der Waals surface area contributed by atoms with Gasteiger partial charge in [-0.3, -0.25) is 0 Å². The van der Waals surface area contributed by atoms with E-state index in [1.165, 1.54) is 5.56 Å². The first-order chi connectivity index (χ1) is 9.79. The third-order valence-electron chi connectivity index (χ3n) is 2.80.